The normalized spacial score (nSPS) is 39.6. The molecule has 0 amide bonds. The van der Waals surface area contributed by atoms with Gasteiger partial charge in [-0.2, -0.15) is 0 Å². The molecule has 2 aliphatic rings. The quantitative estimate of drug-likeness (QED) is 0.834. The Balaban J connectivity index is 1.76. The average molecular weight is 268 g/mol. The lowest BCUT2D eigenvalue weighted by atomic mass is 9.81. The molecule has 0 bridgehead atoms. The van der Waals surface area contributed by atoms with Crippen molar-refractivity contribution in [3.63, 3.8) is 0 Å². The van der Waals surface area contributed by atoms with Crippen molar-refractivity contribution in [3.05, 3.63) is 0 Å². The summed E-state index contributed by atoms with van der Waals surface area (Å²) in [7, 11) is 0. The van der Waals surface area contributed by atoms with Crippen molar-refractivity contribution in [2.45, 2.75) is 70.6 Å². The standard InChI is InChI=1S/C15H28N2S/c1-4-13-5-7-14(8-6-13)10-16-15-17-11(2)9-12(3)18-15/h11-14H,4-10H2,1-3H3,(H,16,17). The van der Waals surface area contributed by atoms with E-state index in [0.717, 1.165) is 23.6 Å². The van der Waals surface area contributed by atoms with Crippen molar-refractivity contribution in [2.24, 2.45) is 16.8 Å². The number of aliphatic imine (C=N–C) groups is 1. The van der Waals surface area contributed by atoms with E-state index in [2.05, 4.69) is 26.1 Å². The number of hydrogen-bond acceptors (Lipinski definition) is 2. The summed E-state index contributed by atoms with van der Waals surface area (Å²) < 4.78 is 0. The van der Waals surface area contributed by atoms with Gasteiger partial charge in [0.2, 0.25) is 0 Å². The molecule has 1 saturated carbocycles. The zero-order valence-corrected chi connectivity index (χ0v) is 12.9. The SMILES string of the molecule is CCC1CCC(CN=C2NC(C)CC(C)S2)CC1. The monoisotopic (exact) mass is 268 g/mol. The maximum atomic E-state index is 4.83. The van der Waals surface area contributed by atoms with E-state index in [9.17, 15) is 0 Å². The minimum atomic E-state index is 0.593. The van der Waals surface area contributed by atoms with Crippen molar-refractivity contribution in [3.8, 4) is 0 Å². The molecule has 0 aromatic carbocycles. The van der Waals surface area contributed by atoms with E-state index in [1.165, 1.54) is 43.7 Å². The van der Waals surface area contributed by atoms with Crippen LogP contribution in [0.2, 0.25) is 0 Å². The summed E-state index contributed by atoms with van der Waals surface area (Å²) in [6, 6.07) is 0.593. The number of thioether (sulfide) groups is 1. The van der Waals surface area contributed by atoms with E-state index in [0.29, 0.717) is 6.04 Å². The molecule has 104 valence electrons. The van der Waals surface area contributed by atoms with E-state index in [4.69, 9.17) is 4.99 Å². The second-order valence-corrected chi connectivity index (χ2v) is 7.58. The van der Waals surface area contributed by atoms with Gasteiger partial charge in [0, 0.05) is 17.8 Å². The highest BCUT2D eigenvalue weighted by atomic mass is 32.2. The molecule has 1 aliphatic heterocycles. The van der Waals surface area contributed by atoms with E-state index >= 15 is 0 Å². The molecule has 3 heteroatoms. The zero-order valence-electron chi connectivity index (χ0n) is 12.1. The van der Waals surface area contributed by atoms with E-state index in [1.807, 2.05) is 11.8 Å². The first-order chi connectivity index (χ1) is 8.67. The van der Waals surface area contributed by atoms with Crippen molar-refractivity contribution in [1.82, 2.24) is 5.32 Å². The van der Waals surface area contributed by atoms with Crippen LogP contribution >= 0.6 is 11.8 Å². The highest BCUT2D eigenvalue weighted by Crippen LogP contribution is 2.31. The Morgan fingerprint density at radius 1 is 1.17 bits per heavy atom. The number of rotatable bonds is 3. The van der Waals surface area contributed by atoms with Gasteiger partial charge in [0.1, 0.15) is 0 Å². The molecular formula is C15H28N2S. The Bertz CT molecular complexity index is 270. The molecule has 1 N–H and O–H groups in total. The predicted octanol–water partition coefficient (Wildman–Crippen LogP) is 4.06. The summed E-state index contributed by atoms with van der Waals surface area (Å²) >= 11 is 1.92. The van der Waals surface area contributed by atoms with Gasteiger partial charge in [0.25, 0.3) is 0 Å². The van der Waals surface area contributed by atoms with Gasteiger partial charge in [0.05, 0.1) is 0 Å². The molecule has 2 unspecified atom stereocenters. The Kier molecular flexibility index (Phi) is 5.40. The third-order valence-corrected chi connectivity index (χ3v) is 5.47. The summed E-state index contributed by atoms with van der Waals surface area (Å²) in [4.78, 5) is 4.83. The van der Waals surface area contributed by atoms with Crippen LogP contribution in [-0.4, -0.2) is 23.0 Å². The van der Waals surface area contributed by atoms with Gasteiger partial charge in [-0.3, -0.25) is 4.99 Å². The van der Waals surface area contributed by atoms with Crippen LogP contribution in [0.5, 0.6) is 0 Å². The number of amidine groups is 1. The lowest BCUT2D eigenvalue weighted by molar-refractivity contribution is 0.274. The van der Waals surface area contributed by atoms with Gasteiger partial charge in [-0.05, 0) is 38.0 Å². The lowest BCUT2D eigenvalue weighted by Crippen LogP contribution is -2.38. The van der Waals surface area contributed by atoms with Gasteiger partial charge in [-0.1, -0.05) is 44.9 Å². The fourth-order valence-electron chi connectivity index (χ4n) is 3.16. The van der Waals surface area contributed by atoms with E-state index in [-0.39, 0.29) is 0 Å². The van der Waals surface area contributed by atoms with Crippen LogP contribution in [0, 0.1) is 11.8 Å². The molecular weight excluding hydrogens is 240 g/mol. The van der Waals surface area contributed by atoms with Gasteiger partial charge in [0.15, 0.2) is 5.17 Å². The molecule has 0 spiro atoms. The number of hydrogen-bond donors (Lipinski definition) is 1. The second-order valence-electron chi connectivity index (χ2n) is 6.15. The summed E-state index contributed by atoms with van der Waals surface area (Å²) in [6.07, 6.45) is 8.27. The summed E-state index contributed by atoms with van der Waals surface area (Å²) in [5, 5.41) is 5.43. The Morgan fingerprint density at radius 2 is 1.83 bits per heavy atom. The van der Waals surface area contributed by atoms with Gasteiger partial charge in [-0.25, -0.2) is 0 Å². The molecule has 1 aliphatic carbocycles. The molecule has 1 heterocycles. The van der Waals surface area contributed by atoms with Crippen LogP contribution < -0.4 is 5.32 Å². The Labute approximate surface area is 116 Å². The van der Waals surface area contributed by atoms with Crippen LogP contribution in [0.4, 0.5) is 0 Å². The molecule has 2 fully saturated rings. The fourth-order valence-corrected chi connectivity index (χ4v) is 4.34. The Morgan fingerprint density at radius 3 is 2.44 bits per heavy atom. The van der Waals surface area contributed by atoms with Crippen molar-refractivity contribution < 1.29 is 0 Å². The van der Waals surface area contributed by atoms with Gasteiger partial charge < -0.3 is 5.32 Å². The topological polar surface area (TPSA) is 24.4 Å². The maximum absolute atomic E-state index is 4.83. The van der Waals surface area contributed by atoms with Crippen LogP contribution in [0.25, 0.3) is 0 Å². The first kappa shape index (κ1) is 14.2. The second kappa shape index (κ2) is 6.83. The summed E-state index contributed by atoms with van der Waals surface area (Å²) in [5.41, 5.74) is 0. The molecule has 2 nitrogen and oxygen atoms in total. The largest absolute Gasteiger partial charge is 0.362 e. The van der Waals surface area contributed by atoms with Gasteiger partial charge >= 0.3 is 0 Å². The zero-order chi connectivity index (χ0) is 13.0. The summed E-state index contributed by atoms with van der Waals surface area (Å²) in [5.74, 6) is 1.84. The van der Waals surface area contributed by atoms with E-state index in [1.54, 1.807) is 0 Å². The molecule has 1 saturated heterocycles. The lowest BCUT2D eigenvalue weighted by Gasteiger charge is -2.29. The van der Waals surface area contributed by atoms with E-state index < -0.39 is 0 Å². The first-order valence-electron chi connectivity index (χ1n) is 7.65. The highest BCUT2D eigenvalue weighted by Gasteiger charge is 2.22. The minimum absolute atomic E-state index is 0.593. The van der Waals surface area contributed by atoms with Gasteiger partial charge in [-0.15, -0.1) is 0 Å². The van der Waals surface area contributed by atoms with Crippen molar-refractivity contribution in [1.29, 1.82) is 0 Å². The smallest absolute Gasteiger partial charge is 0.157 e. The minimum Gasteiger partial charge on any atom is -0.362 e. The van der Waals surface area contributed by atoms with Crippen LogP contribution in [-0.2, 0) is 0 Å². The molecule has 0 radical (unpaired) electrons. The van der Waals surface area contributed by atoms with Crippen LogP contribution in [0.3, 0.4) is 0 Å². The first-order valence-corrected chi connectivity index (χ1v) is 8.53. The average Bonchev–Trinajstić information content (AvgIpc) is 2.36. The maximum Gasteiger partial charge on any atom is 0.157 e. The number of nitrogens with zero attached hydrogens (tertiary/aromatic N) is 1. The molecule has 2 rings (SSSR count). The third kappa shape index (κ3) is 4.18. The number of nitrogens with one attached hydrogen (secondary N) is 1. The van der Waals surface area contributed by atoms with Crippen LogP contribution in [0.1, 0.15) is 59.3 Å². The molecule has 2 atom stereocenters. The molecule has 0 aromatic heterocycles. The molecule has 0 aromatic rings. The van der Waals surface area contributed by atoms with Crippen molar-refractivity contribution in [2.75, 3.05) is 6.54 Å². The summed E-state index contributed by atoms with van der Waals surface area (Å²) in [6.45, 7) is 7.95. The third-order valence-electron chi connectivity index (χ3n) is 4.40. The van der Waals surface area contributed by atoms with Crippen LogP contribution in [0.15, 0.2) is 4.99 Å². The van der Waals surface area contributed by atoms with Crippen molar-refractivity contribution >= 4 is 16.9 Å². The Hall–Kier alpha value is -0.180. The highest BCUT2D eigenvalue weighted by molar-refractivity contribution is 8.14. The predicted molar refractivity (Wildman–Crippen MR) is 82.3 cm³/mol. The molecule has 18 heavy (non-hydrogen) atoms. The fraction of sp³-hybridized carbons (Fsp3) is 0.933.